The number of amides is 2. The lowest BCUT2D eigenvalue weighted by Gasteiger charge is -2.42. The molecule has 0 bridgehead atoms. The molecule has 1 atom stereocenters. The molecule has 1 saturated heterocycles. The van der Waals surface area contributed by atoms with Crippen LogP contribution in [0.5, 0.6) is 0 Å². The third-order valence-corrected chi connectivity index (χ3v) is 6.51. The zero-order chi connectivity index (χ0) is 19.1. The summed E-state index contributed by atoms with van der Waals surface area (Å²) in [4.78, 5) is 34.1. The zero-order valence-corrected chi connectivity index (χ0v) is 16.0. The maximum Gasteiger partial charge on any atom is 0.268 e. The first-order valence-corrected chi connectivity index (χ1v) is 10.4. The molecule has 1 saturated carbocycles. The van der Waals surface area contributed by atoms with Gasteiger partial charge < -0.3 is 15.2 Å². The number of carbonyl (C=O) groups excluding carboxylic acids is 2. The maximum atomic E-state index is 12.6. The number of anilines is 1. The van der Waals surface area contributed by atoms with Gasteiger partial charge in [0, 0.05) is 24.7 Å². The summed E-state index contributed by atoms with van der Waals surface area (Å²) in [5.41, 5.74) is 1.28. The second-order valence-corrected chi connectivity index (χ2v) is 8.34. The van der Waals surface area contributed by atoms with E-state index < -0.39 is 0 Å². The van der Waals surface area contributed by atoms with E-state index >= 15 is 0 Å². The van der Waals surface area contributed by atoms with Gasteiger partial charge in [0.15, 0.2) is 0 Å². The van der Waals surface area contributed by atoms with Gasteiger partial charge in [-0.15, -0.1) is 0 Å². The van der Waals surface area contributed by atoms with Crippen LogP contribution >= 0.6 is 0 Å². The fraction of sp³-hybridized carbons (Fsp3) is 0.600. The summed E-state index contributed by atoms with van der Waals surface area (Å²) in [5, 5.41) is 10.1. The smallest absolute Gasteiger partial charge is 0.268 e. The van der Waals surface area contributed by atoms with E-state index in [1.54, 1.807) is 6.20 Å². The first-order chi connectivity index (χ1) is 13.7. The Hall–Kier alpha value is -2.48. The molecule has 8 nitrogen and oxygen atoms in total. The van der Waals surface area contributed by atoms with Crippen LogP contribution in [0.25, 0.3) is 11.0 Å². The van der Waals surface area contributed by atoms with Crippen LogP contribution in [0, 0.1) is 5.92 Å². The molecule has 0 aromatic carbocycles. The molecule has 0 unspecified atom stereocenters. The number of fused-ring (bicyclic) bond motifs is 4. The number of aromatic nitrogens is 3. The molecule has 28 heavy (non-hydrogen) atoms. The van der Waals surface area contributed by atoms with Crippen LogP contribution in [0.1, 0.15) is 55.4 Å². The van der Waals surface area contributed by atoms with Gasteiger partial charge in [0.05, 0.1) is 11.5 Å². The number of rotatable bonds is 2. The highest BCUT2D eigenvalue weighted by Crippen LogP contribution is 2.40. The SMILES string of the molecule is O=C1NCC2(CCCCC2)n2c1cc1cnc(NC(=O)[C@H]3CCCNC3)nc12. The van der Waals surface area contributed by atoms with Crippen molar-refractivity contribution >= 4 is 28.8 Å². The van der Waals surface area contributed by atoms with Crippen LogP contribution in [-0.4, -0.2) is 46.0 Å². The van der Waals surface area contributed by atoms with Gasteiger partial charge in [-0.3, -0.25) is 14.9 Å². The summed E-state index contributed by atoms with van der Waals surface area (Å²) in [7, 11) is 0. The molecule has 8 heteroatoms. The van der Waals surface area contributed by atoms with E-state index in [-0.39, 0.29) is 23.3 Å². The minimum absolute atomic E-state index is 0.0397. The first kappa shape index (κ1) is 17.6. The third kappa shape index (κ3) is 2.87. The molecule has 0 radical (unpaired) electrons. The number of hydrogen-bond acceptors (Lipinski definition) is 5. The average molecular weight is 382 g/mol. The molecule has 2 amide bonds. The Morgan fingerprint density at radius 2 is 2.11 bits per heavy atom. The third-order valence-electron chi connectivity index (χ3n) is 6.51. The summed E-state index contributed by atoms with van der Waals surface area (Å²) < 4.78 is 2.12. The van der Waals surface area contributed by atoms with Crippen LogP contribution in [0.2, 0.25) is 0 Å². The number of nitrogens with zero attached hydrogens (tertiary/aromatic N) is 3. The van der Waals surface area contributed by atoms with Gasteiger partial charge in [-0.2, -0.15) is 4.98 Å². The Labute approximate surface area is 163 Å². The van der Waals surface area contributed by atoms with Crippen molar-refractivity contribution in [1.29, 1.82) is 0 Å². The topological polar surface area (TPSA) is 101 Å². The van der Waals surface area contributed by atoms with Crippen LogP contribution in [0.3, 0.4) is 0 Å². The fourth-order valence-electron chi connectivity index (χ4n) is 5.01. The van der Waals surface area contributed by atoms with E-state index in [9.17, 15) is 9.59 Å². The number of piperidine rings is 1. The monoisotopic (exact) mass is 382 g/mol. The van der Waals surface area contributed by atoms with Crippen LogP contribution in [0.15, 0.2) is 12.3 Å². The highest BCUT2D eigenvalue weighted by molar-refractivity contribution is 5.99. The standard InChI is InChI=1S/C20H26N6O2/c27-17(13-5-4-8-21-10-13)25-19-22-11-14-9-15-18(28)23-12-20(6-2-1-3-7-20)26(15)16(14)24-19/h9,11,13,21H,1-8,10,12H2,(H,23,28)(H,22,24,25,27)/t13-/m0/s1. The quantitative estimate of drug-likeness (QED) is 0.735. The largest absolute Gasteiger partial charge is 0.348 e. The van der Waals surface area contributed by atoms with Gasteiger partial charge in [0.1, 0.15) is 11.3 Å². The molecule has 148 valence electrons. The van der Waals surface area contributed by atoms with Crippen molar-refractivity contribution in [3.05, 3.63) is 18.0 Å². The number of carbonyl (C=O) groups is 2. The van der Waals surface area contributed by atoms with Gasteiger partial charge >= 0.3 is 0 Å². The second kappa shape index (κ2) is 6.84. The highest BCUT2D eigenvalue weighted by Gasteiger charge is 2.41. The van der Waals surface area contributed by atoms with E-state index in [2.05, 4.69) is 30.5 Å². The van der Waals surface area contributed by atoms with Crippen molar-refractivity contribution in [2.75, 3.05) is 25.0 Å². The molecular formula is C20H26N6O2. The van der Waals surface area contributed by atoms with Gasteiger partial charge in [0.25, 0.3) is 5.91 Å². The Morgan fingerprint density at radius 3 is 2.89 bits per heavy atom. The molecule has 3 N–H and O–H groups in total. The second-order valence-electron chi connectivity index (χ2n) is 8.34. The molecule has 1 spiro atoms. The predicted octanol–water partition coefficient (Wildman–Crippen LogP) is 1.77. The molecule has 5 rings (SSSR count). The zero-order valence-electron chi connectivity index (χ0n) is 16.0. The van der Waals surface area contributed by atoms with Gasteiger partial charge in [-0.1, -0.05) is 19.3 Å². The van der Waals surface area contributed by atoms with Crippen LogP contribution < -0.4 is 16.0 Å². The Morgan fingerprint density at radius 1 is 1.25 bits per heavy atom. The summed E-state index contributed by atoms with van der Waals surface area (Å²) in [6.07, 6.45) is 9.19. The summed E-state index contributed by atoms with van der Waals surface area (Å²) >= 11 is 0. The predicted molar refractivity (Wildman–Crippen MR) is 105 cm³/mol. The minimum Gasteiger partial charge on any atom is -0.348 e. The highest BCUT2D eigenvalue weighted by atomic mass is 16.2. The van der Waals surface area contributed by atoms with Crippen molar-refractivity contribution in [2.24, 2.45) is 5.92 Å². The molecule has 4 heterocycles. The molecule has 2 aliphatic heterocycles. The van der Waals surface area contributed by atoms with E-state index in [4.69, 9.17) is 0 Å². The van der Waals surface area contributed by atoms with E-state index in [0.29, 0.717) is 24.7 Å². The molecule has 2 aromatic heterocycles. The summed E-state index contributed by atoms with van der Waals surface area (Å²) in [5.74, 6) is 0.167. The van der Waals surface area contributed by atoms with Crippen LogP contribution in [-0.2, 0) is 10.3 Å². The Balaban J connectivity index is 1.52. The number of nitrogens with one attached hydrogen (secondary N) is 3. The van der Waals surface area contributed by atoms with Crippen molar-refractivity contribution in [2.45, 2.75) is 50.5 Å². The first-order valence-electron chi connectivity index (χ1n) is 10.4. The lowest BCUT2D eigenvalue weighted by molar-refractivity contribution is -0.120. The van der Waals surface area contributed by atoms with Crippen LogP contribution in [0.4, 0.5) is 5.95 Å². The maximum absolute atomic E-state index is 12.6. The van der Waals surface area contributed by atoms with E-state index in [1.807, 2.05) is 6.07 Å². The van der Waals surface area contributed by atoms with Gasteiger partial charge in [0.2, 0.25) is 11.9 Å². The molecular weight excluding hydrogens is 356 g/mol. The minimum atomic E-state index is -0.119. The molecule has 2 aromatic rings. The van der Waals surface area contributed by atoms with Gasteiger partial charge in [-0.25, -0.2) is 4.98 Å². The Bertz CT molecular complexity index is 924. The van der Waals surface area contributed by atoms with Crippen molar-refractivity contribution in [3.63, 3.8) is 0 Å². The summed E-state index contributed by atoms with van der Waals surface area (Å²) in [6.45, 7) is 2.30. The summed E-state index contributed by atoms with van der Waals surface area (Å²) in [6, 6.07) is 1.87. The Kier molecular flexibility index (Phi) is 4.30. The lowest BCUT2D eigenvalue weighted by Crippen LogP contribution is -2.52. The number of hydrogen-bond donors (Lipinski definition) is 3. The van der Waals surface area contributed by atoms with Gasteiger partial charge in [-0.05, 0) is 38.3 Å². The van der Waals surface area contributed by atoms with E-state index in [1.165, 1.54) is 6.42 Å². The molecule has 1 aliphatic carbocycles. The van der Waals surface area contributed by atoms with Crippen molar-refractivity contribution < 1.29 is 9.59 Å². The molecule has 2 fully saturated rings. The normalized spacial score (nSPS) is 24.0. The van der Waals surface area contributed by atoms with E-state index in [0.717, 1.165) is 56.1 Å². The molecule has 3 aliphatic rings. The van der Waals surface area contributed by atoms with Crippen molar-refractivity contribution in [1.82, 2.24) is 25.2 Å². The average Bonchev–Trinajstić information content (AvgIpc) is 3.13. The van der Waals surface area contributed by atoms with Crippen molar-refractivity contribution in [3.8, 4) is 0 Å². The fourth-order valence-corrected chi connectivity index (χ4v) is 5.01. The lowest BCUT2D eigenvalue weighted by atomic mass is 9.80.